The van der Waals surface area contributed by atoms with Gasteiger partial charge in [0.2, 0.25) is 0 Å². The lowest BCUT2D eigenvalue weighted by atomic mass is 10.00. The number of hydrogen-bond donors (Lipinski definition) is 1. The van der Waals surface area contributed by atoms with Gasteiger partial charge >= 0.3 is 0 Å². The van der Waals surface area contributed by atoms with Crippen molar-refractivity contribution in [2.45, 2.75) is 38.8 Å². The summed E-state index contributed by atoms with van der Waals surface area (Å²) in [6.07, 6.45) is 2.20. The molecule has 0 saturated carbocycles. The van der Waals surface area contributed by atoms with Crippen LogP contribution in [0.1, 0.15) is 25.8 Å². The molecule has 0 aromatic heterocycles. The summed E-state index contributed by atoms with van der Waals surface area (Å²) < 4.78 is 19.3. The van der Waals surface area contributed by atoms with E-state index in [9.17, 15) is 4.39 Å². The fourth-order valence-electron chi connectivity index (χ4n) is 3.47. The van der Waals surface area contributed by atoms with Crippen LogP contribution in [-0.2, 0) is 6.42 Å². The fourth-order valence-corrected chi connectivity index (χ4v) is 3.47. The minimum absolute atomic E-state index is 0.162. The van der Waals surface area contributed by atoms with E-state index in [-0.39, 0.29) is 11.9 Å². The molecule has 21 heavy (non-hydrogen) atoms. The average molecular weight is 292 g/mol. The number of benzene rings is 1. The summed E-state index contributed by atoms with van der Waals surface area (Å²) in [5.41, 5.74) is 1.01. The van der Waals surface area contributed by atoms with Gasteiger partial charge in [0.25, 0.3) is 0 Å². The lowest BCUT2D eigenvalue weighted by molar-refractivity contribution is 0.0881. The molecule has 4 heteroatoms. The SMILES string of the molecule is CC(C)CC1CNCCN1CC1Cc2cc(F)ccc2O1. The monoisotopic (exact) mass is 292 g/mol. The van der Waals surface area contributed by atoms with Crippen molar-refractivity contribution in [3.05, 3.63) is 29.6 Å². The van der Waals surface area contributed by atoms with Crippen molar-refractivity contribution in [1.82, 2.24) is 10.2 Å². The number of fused-ring (bicyclic) bond motifs is 1. The van der Waals surface area contributed by atoms with Crippen LogP contribution in [0.4, 0.5) is 4.39 Å². The second-order valence-electron chi connectivity index (χ2n) is 6.68. The predicted molar refractivity (Wildman–Crippen MR) is 82.2 cm³/mol. The molecule has 116 valence electrons. The van der Waals surface area contributed by atoms with Gasteiger partial charge in [0, 0.05) is 44.2 Å². The zero-order valence-corrected chi connectivity index (χ0v) is 12.9. The van der Waals surface area contributed by atoms with Crippen molar-refractivity contribution in [3.63, 3.8) is 0 Å². The van der Waals surface area contributed by atoms with Crippen molar-refractivity contribution in [3.8, 4) is 5.75 Å². The molecule has 2 atom stereocenters. The normalized spacial score (nSPS) is 25.9. The number of nitrogens with one attached hydrogen (secondary N) is 1. The number of nitrogens with zero attached hydrogens (tertiary/aromatic N) is 1. The number of rotatable bonds is 4. The van der Waals surface area contributed by atoms with Gasteiger partial charge in [-0.05, 0) is 30.5 Å². The van der Waals surface area contributed by atoms with E-state index in [1.165, 1.54) is 12.5 Å². The second-order valence-corrected chi connectivity index (χ2v) is 6.68. The van der Waals surface area contributed by atoms with Crippen molar-refractivity contribution < 1.29 is 9.13 Å². The molecule has 0 radical (unpaired) electrons. The molecule has 2 heterocycles. The molecule has 1 aromatic rings. The van der Waals surface area contributed by atoms with Crippen LogP contribution in [0.5, 0.6) is 5.75 Å². The molecular weight excluding hydrogens is 267 g/mol. The third kappa shape index (κ3) is 3.55. The molecule has 1 N–H and O–H groups in total. The highest BCUT2D eigenvalue weighted by Crippen LogP contribution is 2.30. The molecule has 1 saturated heterocycles. The fraction of sp³-hybridized carbons (Fsp3) is 0.647. The van der Waals surface area contributed by atoms with Crippen molar-refractivity contribution in [2.75, 3.05) is 26.2 Å². The van der Waals surface area contributed by atoms with Crippen LogP contribution in [-0.4, -0.2) is 43.2 Å². The van der Waals surface area contributed by atoms with E-state index in [0.29, 0.717) is 12.0 Å². The first kappa shape index (κ1) is 14.8. The van der Waals surface area contributed by atoms with E-state index < -0.39 is 0 Å². The Labute approximate surface area is 126 Å². The van der Waals surface area contributed by atoms with Crippen molar-refractivity contribution >= 4 is 0 Å². The van der Waals surface area contributed by atoms with E-state index >= 15 is 0 Å². The summed E-state index contributed by atoms with van der Waals surface area (Å²) >= 11 is 0. The molecule has 3 rings (SSSR count). The van der Waals surface area contributed by atoms with Crippen LogP contribution >= 0.6 is 0 Å². The predicted octanol–water partition coefficient (Wildman–Crippen LogP) is 2.45. The Balaban J connectivity index is 1.61. The van der Waals surface area contributed by atoms with Crippen LogP contribution in [0, 0.1) is 11.7 Å². The minimum Gasteiger partial charge on any atom is -0.488 e. The van der Waals surface area contributed by atoms with Crippen LogP contribution in [0.15, 0.2) is 18.2 Å². The van der Waals surface area contributed by atoms with Crippen LogP contribution < -0.4 is 10.1 Å². The topological polar surface area (TPSA) is 24.5 Å². The molecule has 0 spiro atoms. The van der Waals surface area contributed by atoms with Crippen molar-refractivity contribution in [2.24, 2.45) is 5.92 Å². The summed E-state index contributed by atoms with van der Waals surface area (Å²) in [6.45, 7) is 8.67. The molecule has 1 fully saturated rings. The average Bonchev–Trinajstić information content (AvgIpc) is 2.82. The number of piperazine rings is 1. The lowest BCUT2D eigenvalue weighted by Gasteiger charge is -2.38. The molecule has 1 aromatic carbocycles. The molecule has 3 nitrogen and oxygen atoms in total. The molecule has 0 amide bonds. The van der Waals surface area contributed by atoms with Crippen LogP contribution in [0.25, 0.3) is 0 Å². The van der Waals surface area contributed by atoms with Gasteiger partial charge in [0.05, 0.1) is 0 Å². The summed E-state index contributed by atoms with van der Waals surface area (Å²) in [5, 5.41) is 3.49. The van der Waals surface area contributed by atoms with E-state index in [1.54, 1.807) is 12.1 Å². The lowest BCUT2D eigenvalue weighted by Crippen LogP contribution is -2.54. The zero-order chi connectivity index (χ0) is 14.8. The highest BCUT2D eigenvalue weighted by Gasteiger charge is 2.29. The van der Waals surface area contributed by atoms with E-state index in [0.717, 1.165) is 43.9 Å². The van der Waals surface area contributed by atoms with Crippen LogP contribution in [0.2, 0.25) is 0 Å². The molecule has 0 bridgehead atoms. The van der Waals surface area contributed by atoms with Gasteiger partial charge in [0.1, 0.15) is 17.7 Å². The first-order chi connectivity index (χ1) is 10.1. The Morgan fingerprint density at radius 2 is 2.29 bits per heavy atom. The maximum absolute atomic E-state index is 13.3. The first-order valence-electron chi connectivity index (χ1n) is 8.01. The van der Waals surface area contributed by atoms with Gasteiger partial charge in [-0.3, -0.25) is 4.90 Å². The van der Waals surface area contributed by atoms with Gasteiger partial charge in [-0.15, -0.1) is 0 Å². The molecule has 2 unspecified atom stereocenters. The Kier molecular flexibility index (Phi) is 4.45. The highest BCUT2D eigenvalue weighted by atomic mass is 19.1. The zero-order valence-electron chi connectivity index (χ0n) is 12.9. The Morgan fingerprint density at radius 3 is 3.10 bits per heavy atom. The third-order valence-corrected chi connectivity index (χ3v) is 4.42. The Bertz CT molecular complexity index is 492. The summed E-state index contributed by atoms with van der Waals surface area (Å²) in [7, 11) is 0. The first-order valence-corrected chi connectivity index (χ1v) is 8.01. The van der Waals surface area contributed by atoms with Gasteiger partial charge < -0.3 is 10.1 Å². The van der Waals surface area contributed by atoms with Crippen LogP contribution in [0.3, 0.4) is 0 Å². The molecule has 0 aliphatic carbocycles. The maximum Gasteiger partial charge on any atom is 0.123 e. The number of hydrogen-bond acceptors (Lipinski definition) is 3. The Morgan fingerprint density at radius 1 is 1.43 bits per heavy atom. The second kappa shape index (κ2) is 6.32. The van der Waals surface area contributed by atoms with E-state index in [4.69, 9.17) is 4.74 Å². The largest absolute Gasteiger partial charge is 0.488 e. The standard InChI is InChI=1S/C17H25FN2O/c1-12(2)7-15-10-19-5-6-20(15)11-16-9-13-8-14(18)3-4-17(13)21-16/h3-4,8,12,15-16,19H,5-7,9-11H2,1-2H3. The summed E-state index contributed by atoms with van der Waals surface area (Å²) in [4.78, 5) is 2.55. The van der Waals surface area contributed by atoms with Crippen molar-refractivity contribution in [1.29, 1.82) is 0 Å². The Hall–Kier alpha value is -1.13. The minimum atomic E-state index is -0.169. The highest BCUT2D eigenvalue weighted by molar-refractivity contribution is 5.37. The van der Waals surface area contributed by atoms with Gasteiger partial charge in [0.15, 0.2) is 0 Å². The van der Waals surface area contributed by atoms with Gasteiger partial charge in [-0.1, -0.05) is 13.8 Å². The smallest absolute Gasteiger partial charge is 0.123 e. The summed E-state index contributed by atoms with van der Waals surface area (Å²) in [5.74, 6) is 1.39. The molecule has 2 aliphatic heterocycles. The quantitative estimate of drug-likeness (QED) is 0.922. The summed E-state index contributed by atoms with van der Waals surface area (Å²) in [6, 6.07) is 5.43. The maximum atomic E-state index is 13.3. The number of halogens is 1. The van der Waals surface area contributed by atoms with E-state index in [1.807, 2.05) is 0 Å². The third-order valence-electron chi connectivity index (χ3n) is 4.42. The number of ether oxygens (including phenoxy) is 1. The van der Waals surface area contributed by atoms with Gasteiger partial charge in [-0.25, -0.2) is 4.39 Å². The molecular formula is C17H25FN2O. The van der Waals surface area contributed by atoms with Gasteiger partial charge in [-0.2, -0.15) is 0 Å². The van der Waals surface area contributed by atoms with E-state index in [2.05, 4.69) is 24.1 Å². The molecule has 2 aliphatic rings.